The van der Waals surface area contributed by atoms with Gasteiger partial charge in [0.15, 0.2) is 0 Å². The Labute approximate surface area is 103 Å². The number of ether oxygens (including phenoxy) is 2. The molecule has 0 aliphatic rings. The second-order valence-electron chi connectivity index (χ2n) is 3.96. The van der Waals surface area contributed by atoms with Crippen LogP contribution in [0.25, 0.3) is 0 Å². The first kappa shape index (κ1) is 14.1. The Morgan fingerprint density at radius 3 is 2.88 bits per heavy atom. The van der Waals surface area contributed by atoms with E-state index in [9.17, 15) is 5.11 Å². The predicted molar refractivity (Wildman–Crippen MR) is 65.6 cm³/mol. The van der Waals surface area contributed by atoms with Crippen molar-refractivity contribution in [2.45, 2.75) is 32.5 Å². The van der Waals surface area contributed by atoms with E-state index in [1.54, 1.807) is 12.4 Å². The van der Waals surface area contributed by atoms with Gasteiger partial charge in [0.05, 0.1) is 19.8 Å². The fourth-order valence-corrected chi connectivity index (χ4v) is 1.31. The standard InChI is InChI=1S/C13H21NO3/c1-2-3-7-16-10-13(15)11-17-9-12-5-4-6-14-8-12/h4-6,8,13,15H,2-3,7,9-11H2,1H3. The highest BCUT2D eigenvalue weighted by atomic mass is 16.5. The molecule has 1 atom stereocenters. The topological polar surface area (TPSA) is 51.6 Å². The van der Waals surface area contributed by atoms with Crippen LogP contribution in [0.1, 0.15) is 25.3 Å². The number of nitrogens with zero attached hydrogens (tertiary/aromatic N) is 1. The van der Waals surface area contributed by atoms with Gasteiger partial charge in [0.1, 0.15) is 6.10 Å². The van der Waals surface area contributed by atoms with E-state index in [0.29, 0.717) is 26.4 Å². The number of aliphatic hydroxyl groups excluding tert-OH is 1. The van der Waals surface area contributed by atoms with Crippen molar-refractivity contribution in [1.29, 1.82) is 0 Å². The van der Waals surface area contributed by atoms with Gasteiger partial charge >= 0.3 is 0 Å². The summed E-state index contributed by atoms with van der Waals surface area (Å²) in [6.07, 6.45) is 5.06. The third kappa shape index (κ3) is 7.05. The van der Waals surface area contributed by atoms with Gasteiger partial charge in [-0.15, -0.1) is 0 Å². The van der Waals surface area contributed by atoms with E-state index in [-0.39, 0.29) is 0 Å². The zero-order valence-corrected chi connectivity index (χ0v) is 10.3. The molecule has 1 unspecified atom stereocenters. The van der Waals surface area contributed by atoms with Crippen molar-refractivity contribution in [2.75, 3.05) is 19.8 Å². The molecule has 0 fully saturated rings. The van der Waals surface area contributed by atoms with Gasteiger partial charge in [-0.3, -0.25) is 4.98 Å². The summed E-state index contributed by atoms with van der Waals surface area (Å²) in [7, 11) is 0. The van der Waals surface area contributed by atoms with Gasteiger partial charge < -0.3 is 14.6 Å². The first-order valence-corrected chi connectivity index (χ1v) is 6.05. The Bertz CT molecular complexity index is 279. The minimum atomic E-state index is -0.552. The molecular formula is C13H21NO3. The first-order chi connectivity index (χ1) is 8.33. The lowest BCUT2D eigenvalue weighted by Crippen LogP contribution is -2.22. The average Bonchev–Trinajstić information content (AvgIpc) is 2.36. The lowest BCUT2D eigenvalue weighted by Gasteiger charge is -2.11. The molecule has 1 heterocycles. The number of rotatable bonds is 9. The Morgan fingerprint density at radius 2 is 2.18 bits per heavy atom. The number of pyridine rings is 1. The van der Waals surface area contributed by atoms with Crippen molar-refractivity contribution >= 4 is 0 Å². The van der Waals surface area contributed by atoms with Crippen LogP contribution >= 0.6 is 0 Å². The monoisotopic (exact) mass is 239 g/mol. The Balaban J connectivity index is 2.02. The molecule has 0 bridgehead atoms. The second kappa shape index (κ2) is 9.10. The molecule has 4 heteroatoms. The van der Waals surface area contributed by atoms with Crippen LogP contribution in [-0.2, 0) is 16.1 Å². The Kier molecular flexibility index (Phi) is 7.54. The van der Waals surface area contributed by atoms with Crippen LogP contribution in [0.4, 0.5) is 0 Å². The lowest BCUT2D eigenvalue weighted by molar-refractivity contribution is -0.0238. The summed E-state index contributed by atoms with van der Waals surface area (Å²) in [5.74, 6) is 0. The number of hydrogen-bond donors (Lipinski definition) is 1. The molecular weight excluding hydrogens is 218 g/mol. The predicted octanol–water partition coefficient (Wildman–Crippen LogP) is 1.78. The zero-order valence-electron chi connectivity index (χ0n) is 10.3. The van der Waals surface area contributed by atoms with Crippen LogP contribution in [0.3, 0.4) is 0 Å². The maximum Gasteiger partial charge on any atom is 0.101 e. The van der Waals surface area contributed by atoms with E-state index in [0.717, 1.165) is 18.4 Å². The molecule has 0 saturated carbocycles. The lowest BCUT2D eigenvalue weighted by atomic mass is 10.3. The van der Waals surface area contributed by atoms with Crippen LogP contribution in [0.15, 0.2) is 24.5 Å². The molecule has 4 nitrogen and oxygen atoms in total. The Hall–Kier alpha value is -0.970. The normalized spacial score (nSPS) is 12.6. The van der Waals surface area contributed by atoms with Crippen LogP contribution < -0.4 is 0 Å². The van der Waals surface area contributed by atoms with Gasteiger partial charge in [0, 0.05) is 19.0 Å². The SMILES string of the molecule is CCCCOCC(O)COCc1cccnc1. The zero-order chi connectivity index (χ0) is 12.3. The summed E-state index contributed by atoms with van der Waals surface area (Å²) in [6, 6.07) is 3.81. The molecule has 1 N–H and O–H groups in total. The molecule has 0 aliphatic heterocycles. The van der Waals surface area contributed by atoms with E-state index in [2.05, 4.69) is 11.9 Å². The molecule has 0 aromatic carbocycles. The second-order valence-corrected chi connectivity index (χ2v) is 3.96. The smallest absolute Gasteiger partial charge is 0.101 e. The van der Waals surface area contributed by atoms with E-state index in [1.807, 2.05) is 12.1 Å². The number of unbranched alkanes of at least 4 members (excludes halogenated alkanes) is 1. The maximum atomic E-state index is 9.56. The summed E-state index contributed by atoms with van der Waals surface area (Å²) >= 11 is 0. The largest absolute Gasteiger partial charge is 0.388 e. The fraction of sp³-hybridized carbons (Fsp3) is 0.615. The van der Waals surface area contributed by atoms with Crippen LogP contribution in [-0.4, -0.2) is 36.0 Å². The molecule has 1 aromatic heterocycles. The summed E-state index contributed by atoms with van der Waals surface area (Å²) in [4.78, 5) is 3.99. The molecule has 17 heavy (non-hydrogen) atoms. The van der Waals surface area contributed by atoms with Gasteiger partial charge in [-0.05, 0) is 18.1 Å². The van der Waals surface area contributed by atoms with E-state index in [4.69, 9.17) is 9.47 Å². The number of aliphatic hydroxyl groups is 1. The quantitative estimate of drug-likeness (QED) is 0.667. The summed E-state index contributed by atoms with van der Waals surface area (Å²) in [5.41, 5.74) is 1.01. The van der Waals surface area contributed by atoms with Crippen molar-refractivity contribution in [3.05, 3.63) is 30.1 Å². The van der Waals surface area contributed by atoms with Gasteiger partial charge in [-0.2, -0.15) is 0 Å². The molecule has 1 aromatic rings. The number of hydrogen-bond acceptors (Lipinski definition) is 4. The van der Waals surface area contributed by atoms with Gasteiger partial charge in [0.25, 0.3) is 0 Å². The van der Waals surface area contributed by atoms with Crippen LogP contribution in [0.2, 0.25) is 0 Å². The average molecular weight is 239 g/mol. The maximum absolute atomic E-state index is 9.56. The highest BCUT2D eigenvalue weighted by molar-refractivity contribution is 5.06. The summed E-state index contributed by atoms with van der Waals surface area (Å²) in [5, 5.41) is 9.56. The fourth-order valence-electron chi connectivity index (χ4n) is 1.31. The van der Waals surface area contributed by atoms with Crippen molar-refractivity contribution in [2.24, 2.45) is 0 Å². The van der Waals surface area contributed by atoms with Crippen LogP contribution in [0.5, 0.6) is 0 Å². The van der Waals surface area contributed by atoms with Crippen molar-refractivity contribution in [3.8, 4) is 0 Å². The molecule has 0 radical (unpaired) electrons. The van der Waals surface area contributed by atoms with Gasteiger partial charge in [-0.25, -0.2) is 0 Å². The highest BCUT2D eigenvalue weighted by Crippen LogP contribution is 1.99. The minimum Gasteiger partial charge on any atom is -0.388 e. The molecule has 0 amide bonds. The molecule has 96 valence electrons. The molecule has 0 saturated heterocycles. The minimum absolute atomic E-state index is 0.293. The summed E-state index contributed by atoms with van der Waals surface area (Å²) in [6.45, 7) is 3.92. The Morgan fingerprint density at radius 1 is 1.35 bits per heavy atom. The van der Waals surface area contributed by atoms with E-state index < -0.39 is 6.10 Å². The van der Waals surface area contributed by atoms with E-state index >= 15 is 0 Å². The van der Waals surface area contributed by atoms with E-state index in [1.165, 1.54) is 0 Å². The van der Waals surface area contributed by atoms with Crippen molar-refractivity contribution in [3.63, 3.8) is 0 Å². The molecule has 0 aliphatic carbocycles. The third-order valence-electron chi connectivity index (χ3n) is 2.25. The molecule has 0 spiro atoms. The van der Waals surface area contributed by atoms with Gasteiger partial charge in [-0.1, -0.05) is 19.4 Å². The number of aromatic nitrogens is 1. The summed E-state index contributed by atoms with van der Waals surface area (Å²) < 4.78 is 10.7. The third-order valence-corrected chi connectivity index (χ3v) is 2.25. The highest BCUT2D eigenvalue weighted by Gasteiger charge is 2.04. The van der Waals surface area contributed by atoms with Crippen molar-refractivity contribution < 1.29 is 14.6 Å². The molecule has 1 rings (SSSR count). The first-order valence-electron chi connectivity index (χ1n) is 6.05. The van der Waals surface area contributed by atoms with Gasteiger partial charge in [0.2, 0.25) is 0 Å². The van der Waals surface area contributed by atoms with Crippen LogP contribution in [0, 0.1) is 0 Å². The van der Waals surface area contributed by atoms with Crippen molar-refractivity contribution in [1.82, 2.24) is 4.98 Å².